The van der Waals surface area contributed by atoms with Crippen LogP contribution in [-0.2, 0) is 9.53 Å². The Labute approximate surface area is 162 Å². The Morgan fingerprint density at radius 2 is 0.960 bits per heavy atom. The molecule has 150 valence electrons. The maximum absolute atomic E-state index is 11.6. The second-order valence-corrected chi connectivity index (χ2v) is 8.71. The number of carbonyl (C=O) groups excluding carboxylic acids is 1. The first kappa shape index (κ1) is 24.8. The van der Waals surface area contributed by atoms with Crippen molar-refractivity contribution in [2.24, 2.45) is 0 Å². The van der Waals surface area contributed by atoms with Gasteiger partial charge < -0.3 is 4.74 Å². The lowest BCUT2D eigenvalue weighted by Crippen LogP contribution is -2.23. The highest BCUT2D eigenvalue weighted by molar-refractivity contribution is 6.17. The summed E-state index contributed by atoms with van der Waals surface area (Å²) in [4.78, 5) is 11.6. The summed E-state index contributed by atoms with van der Waals surface area (Å²) in [7, 11) is 0. The molecule has 0 unspecified atom stereocenters. The van der Waals surface area contributed by atoms with E-state index < -0.39 is 0 Å². The Morgan fingerprint density at radius 3 is 1.28 bits per heavy atom. The minimum absolute atomic E-state index is 0.0495. The van der Waals surface area contributed by atoms with Gasteiger partial charge in [0.25, 0.3) is 0 Å². The van der Waals surface area contributed by atoms with E-state index in [2.05, 4.69) is 0 Å². The zero-order chi connectivity index (χ0) is 18.8. The molecule has 0 saturated carbocycles. The number of alkyl halides is 1. The zero-order valence-electron chi connectivity index (χ0n) is 17.2. The van der Waals surface area contributed by atoms with Crippen LogP contribution in [0.4, 0.5) is 0 Å². The minimum Gasteiger partial charge on any atom is -0.460 e. The van der Waals surface area contributed by atoms with Crippen molar-refractivity contribution in [3.63, 3.8) is 0 Å². The molecule has 0 spiro atoms. The smallest absolute Gasteiger partial charge is 0.306 e. The molecule has 0 aromatic heterocycles. The van der Waals surface area contributed by atoms with Crippen LogP contribution >= 0.6 is 11.6 Å². The van der Waals surface area contributed by atoms with E-state index in [9.17, 15) is 4.79 Å². The van der Waals surface area contributed by atoms with Gasteiger partial charge in [0.05, 0.1) is 0 Å². The average molecular weight is 375 g/mol. The van der Waals surface area contributed by atoms with Gasteiger partial charge in [0, 0.05) is 12.3 Å². The van der Waals surface area contributed by atoms with Gasteiger partial charge in [0.2, 0.25) is 0 Å². The van der Waals surface area contributed by atoms with E-state index >= 15 is 0 Å². The molecule has 3 heteroatoms. The van der Waals surface area contributed by atoms with E-state index in [1.807, 2.05) is 20.8 Å². The summed E-state index contributed by atoms with van der Waals surface area (Å²) in [5.41, 5.74) is -0.346. The fraction of sp³-hybridized carbons (Fsp3) is 0.955. The molecule has 0 amide bonds. The summed E-state index contributed by atoms with van der Waals surface area (Å²) < 4.78 is 5.32. The molecule has 0 aromatic rings. The van der Waals surface area contributed by atoms with Gasteiger partial charge in [-0.05, 0) is 33.6 Å². The van der Waals surface area contributed by atoms with E-state index in [4.69, 9.17) is 16.3 Å². The third-order valence-electron chi connectivity index (χ3n) is 4.43. The Balaban J connectivity index is 3.13. The fourth-order valence-corrected chi connectivity index (χ4v) is 3.24. The highest BCUT2D eigenvalue weighted by Crippen LogP contribution is 2.15. The third-order valence-corrected chi connectivity index (χ3v) is 4.70. The van der Waals surface area contributed by atoms with Crippen molar-refractivity contribution < 1.29 is 9.53 Å². The van der Waals surface area contributed by atoms with E-state index in [1.165, 1.54) is 83.5 Å². The van der Waals surface area contributed by atoms with Crippen LogP contribution < -0.4 is 0 Å². The topological polar surface area (TPSA) is 26.3 Å². The summed E-state index contributed by atoms with van der Waals surface area (Å²) >= 11 is 5.67. The first-order valence-corrected chi connectivity index (χ1v) is 11.3. The number of unbranched alkanes of at least 4 members (excludes halogenated alkanes) is 14. The molecule has 0 saturated heterocycles. The van der Waals surface area contributed by atoms with Gasteiger partial charge in [-0.3, -0.25) is 4.79 Å². The lowest BCUT2D eigenvalue weighted by molar-refractivity contribution is -0.154. The number of halogens is 1. The van der Waals surface area contributed by atoms with Gasteiger partial charge in [-0.2, -0.15) is 0 Å². The van der Waals surface area contributed by atoms with Gasteiger partial charge in [-0.25, -0.2) is 0 Å². The van der Waals surface area contributed by atoms with Gasteiger partial charge in [-0.1, -0.05) is 83.5 Å². The van der Waals surface area contributed by atoms with E-state index in [-0.39, 0.29) is 11.6 Å². The SMILES string of the molecule is CC(C)(C)OC(=O)CCCCCCCCCCCCCCCCCCl. The molecule has 0 aliphatic heterocycles. The quantitative estimate of drug-likeness (QED) is 0.147. The number of ether oxygens (including phenoxy) is 1. The molecule has 0 bridgehead atoms. The Morgan fingerprint density at radius 1 is 0.640 bits per heavy atom. The van der Waals surface area contributed by atoms with Crippen molar-refractivity contribution in [2.75, 3.05) is 5.88 Å². The van der Waals surface area contributed by atoms with Crippen molar-refractivity contribution in [3.05, 3.63) is 0 Å². The van der Waals surface area contributed by atoms with Gasteiger partial charge >= 0.3 is 5.97 Å². The van der Waals surface area contributed by atoms with Gasteiger partial charge in [-0.15, -0.1) is 11.6 Å². The van der Waals surface area contributed by atoms with E-state index in [0.717, 1.165) is 18.7 Å². The second-order valence-electron chi connectivity index (χ2n) is 8.33. The summed E-state index contributed by atoms with van der Waals surface area (Å²) in [6, 6.07) is 0. The molecule has 0 aliphatic rings. The summed E-state index contributed by atoms with van der Waals surface area (Å²) in [5, 5.41) is 0. The number of esters is 1. The monoisotopic (exact) mass is 374 g/mol. The predicted octanol–water partition coefficient (Wildman–Crippen LogP) is 7.81. The molecule has 0 aliphatic carbocycles. The molecule has 0 radical (unpaired) electrons. The van der Waals surface area contributed by atoms with Crippen LogP contribution in [0.2, 0.25) is 0 Å². The first-order valence-electron chi connectivity index (χ1n) is 10.7. The largest absolute Gasteiger partial charge is 0.460 e. The van der Waals surface area contributed by atoms with Crippen LogP contribution in [0.15, 0.2) is 0 Å². The van der Waals surface area contributed by atoms with Crippen molar-refractivity contribution in [1.82, 2.24) is 0 Å². The molecule has 0 heterocycles. The van der Waals surface area contributed by atoms with Crippen molar-refractivity contribution in [2.45, 2.75) is 129 Å². The molecule has 25 heavy (non-hydrogen) atoms. The Bertz CT molecular complexity index is 297. The van der Waals surface area contributed by atoms with Gasteiger partial charge in [0.15, 0.2) is 0 Å². The minimum atomic E-state index is -0.346. The van der Waals surface area contributed by atoms with Crippen LogP contribution in [0.1, 0.15) is 124 Å². The molecule has 0 fully saturated rings. The number of carbonyl (C=O) groups is 1. The lowest BCUT2D eigenvalue weighted by Gasteiger charge is -2.19. The number of hydrogen-bond acceptors (Lipinski definition) is 2. The normalized spacial score (nSPS) is 11.7. The van der Waals surface area contributed by atoms with Crippen molar-refractivity contribution in [1.29, 1.82) is 0 Å². The maximum atomic E-state index is 11.6. The molecular weight excluding hydrogens is 332 g/mol. The van der Waals surface area contributed by atoms with E-state index in [1.54, 1.807) is 0 Å². The standard InChI is InChI=1S/C22H43ClO2/c1-22(2,3)25-21(24)19-17-15-13-11-9-7-5-4-6-8-10-12-14-16-18-20-23/h4-20H2,1-3H3. The highest BCUT2D eigenvalue weighted by atomic mass is 35.5. The second kappa shape index (κ2) is 17.2. The molecule has 0 atom stereocenters. The fourth-order valence-electron chi connectivity index (χ4n) is 3.05. The molecular formula is C22H43ClO2. The Kier molecular flexibility index (Phi) is 17.0. The van der Waals surface area contributed by atoms with Crippen LogP contribution in [0.25, 0.3) is 0 Å². The molecule has 0 aromatic carbocycles. The number of rotatable bonds is 17. The van der Waals surface area contributed by atoms with Gasteiger partial charge in [0.1, 0.15) is 5.60 Å². The van der Waals surface area contributed by atoms with Crippen LogP contribution in [0, 0.1) is 0 Å². The zero-order valence-corrected chi connectivity index (χ0v) is 18.0. The summed E-state index contributed by atoms with van der Waals surface area (Å²) in [6.07, 6.45) is 20.3. The molecule has 0 rings (SSSR count). The predicted molar refractivity (Wildman–Crippen MR) is 110 cm³/mol. The van der Waals surface area contributed by atoms with Crippen LogP contribution in [0.5, 0.6) is 0 Å². The Hall–Kier alpha value is -0.240. The molecule has 2 nitrogen and oxygen atoms in total. The third kappa shape index (κ3) is 21.7. The average Bonchev–Trinajstić information content (AvgIpc) is 2.53. The van der Waals surface area contributed by atoms with Crippen LogP contribution in [0.3, 0.4) is 0 Å². The first-order chi connectivity index (χ1) is 12.0. The van der Waals surface area contributed by atoms with Crippen molar-refractivity contribution >= 4 is 17.6 Å². The molecule has 0 N–H and O–H groups in total. The van der Waals surface area contributed by atoms with E-state index in [0.29, 0.717) is 6.42 Å². The summed E-state index contributed by atoms with van der Waals surface area (Å²) in [5.74, 6) is 0.774. The van der Waals surface area contributed by atoms with Crippen molar-refractivity contribution in [3.8, 4) is 0 Å². The maximum Gasteiger partial charge on any atom is 0.306 e. The lowest BCUT2D eigenvalue weighted by atomic mass is 10.0. The summed E-state index contributed by atoms with van der Waals surface area (Å²) in [6.45, 7) is 5.77. The number of hydrogen-bond donors (Lipinski definition) is 0. The highest BCUT2D eigenvalue weighted by Gasteiger charge is 2.15. The van der Waals surface area contributed by atoms with Crippen LogP contribution in [-0.4, -0.2) is 17.5 Å².